The third-order valence-corrected chi connectivity index (χ3v) is 7.34. The number of carbonyl (C=O) groups is 1. The van der Waals surface area contributed by atoms with Crippen molar-refractivity contribution in [2.45, 2.75) is 32.2 Å². The molecule has 1 aliphatic heterocycles. The van der Waals surface area contributed by atoms with Crippen LogP contribution in [0.3, 0.4) is 0 Å². The smallest absolute Gasteiger partial charge is 0.252 e. The van der Waals surface area contributed by atoms with Crippen molar-refractivity contribution in [3.8, 4) is 0 Å². The lowest BCUT2D eigenvalue weighted by atomic mass is 10.1. The van der Waals surface area contributed by atoms with Gasteiger partial charge in [-0.15, -0.1) is 11.3 Å². The maximum Gasteiger partial charge on any atom is 0.252 e. The first-order chi connectivity index (χ1) is 9.92. The van der Waals surface area contributed by atoms with E-state index in [0.29, 0.717) is 37.9 Å². The SMILES string of the molecule is CCCS(=O)(=O)N1CCC(NC(=O)c2csc(I)c2)CC1. The second-order valence-electron chi connectivity index (χ2n) is 5.10. The Morgan fingerprint density at radius 1 is 1.48 bits per heavy atom. The van der Waals surface area contributed by atoms with Crippen molar-refractivity contribution in [3.63, 3.8) is 0 Å². The number of carbonyl (C=O) groups excluding carboxylic acids is 1. The van der Waals surface area contributed by atoms with Crippen LogP contribution < -0.4 is 5.32 Å². The van der Waals surface area contributed by atoms with Crippen molar-refractivity contribution >= 4 is 49.9 Å². The number of nitrogens with zero attached hydrogens (tertiary/aromatic N) is 1. The van der Waals surface area contributed by atoms with E-state index in [1.54, 1.807) is 15.6 Å². The molecule has 0 aromatic carbocycles. The van der Waals surface area contributed by atoms with Crippen LogP contribution in [0.1, 0.15) is 36.5 Å². The lowest BCUT2D eigenvalue weighted by Crippen LogP contribution is -2.47. The van der Waals surface area contributed by atoms with Crippen LogP contribution in [0.2, 0.25) is 0 Å². The van der Waals surface area contributed by atoms with Crippen molar-refractivity contribution < 1.29 is 13.2 Å². The molecule has 1 N–H and O–H groups in total. The zero-order valence-corrected chi connectivity index (χ0v) is 15.6. The maximum absolute atomic E-state index is 12.1. The van der Waals surface area contributed by atoms with E-state index in [0.717, 1.165) is 2.88 Å². The fourth-order valence-corrected chi connectivity index (χ4v) is 5.23. The summed E-state index contributed by atoms with van der Waals surface area (Å²) in [6.45, 7) is 2.86. The first-order valence-electron chi connectivity index (χ1n) is 6.95. The number of hydrogen-bond donors (Lipinski definition) is 1. The van der Waals surface area contributed by atoms with E-state index in [1.165, 1.54) is 0 Å². The fraction of sp³-hybridized carbons (Fsp3) is 0.615. The van der Waals surface area contributed by atoms with Crippen molar-refractivity contribution in [3.05, 3.63) is 19.9 Å². The molecule has 118 valence electrons. The second kappa shape index (κ2) is 7.38. The molecule has 1 aromatic rings. The zero-order chi connectivity index (χ0) is 15.5. The molecule has 0 saturated carbocycles. The Bertz CT molecular complexity index is 592. The highest BCUT2D eigenvalue weighted by molar-refractivity contribution is 14.1. The Kier molecular flexibility index (Phi) is 6.04. The lowest BCUT2D eigenvalue weighted by Gasteiger charge is -2.31. The molecule has 1 saturated heterocycles. The number of thiophene rings is 1. The first kappa shape index (κ1) is 17.2. The normalized spacial score (nSPS) is 17.8. The average molecular weight is 442 g/mol. The summed E-state index contributed by atoms with van der Waals surface area (Å²) < 4.78 is 26.6. The molecular formula is C13H19IN2O3S2. The van der Waals surface area contributed by atoms with Crippen LogP contribution in [0, 0.1) is 2.88 Å². The summed E-state index contributed by atoms with van der Waals surface area (Å²) in [6, 6.07) is 1.92. The van der Waals surface area contributed by atoms with Crippen LogP contribution in [-0.2, 0) is 10.0 Å². The summed E-state index contributed by atoms with van der Waals surface area (Å²) in [5.74, 6) is 0.140. The van der Waals surface area contributed by atoms with Gasteiger partial charge in [-0.2, -0.15) is 0 Å². The van der Waals surface area contributed by atoms with Crippen LogP contribution in [-0.4, -0.2) is 43.5 Å². The molecule has 0 spiro atoms. The van der Waals surface area contributed by atoms with Crippen LogP contribution in [0.25, 0.3) is 0 Å². The quantitative estimate of drug-likeness (QED) is 0.712. The van der Waals surface area contributed by atoms with Crippen molar-refractivity contribution in [1.82, 2.24) is 9.62 Å². The third kappa shape index (κ3) is 4.64. The van der Waals surface area contributed by atoms with E-state index in [2.05, 4.69) is 27.9 Å². The van der Waals surface area contributed by atoms with Crippen molar-refractivity contribution in [2.24, 2.45) is 0 Å². The van der Waals surface area contributed by atoms with Gasteiger partial charge in [-0.1, -0.05) is 6.92 Å². The van der Waals surface area contributed by atoms with Gasteiger partial charge in [0.05, 0.1) is 14.2 Å². The predicted octanol–water partition coefficient (Wildman–Crippen LogP) is 2.29. The van der Waals surface area contributed by atoms with Gasteiger partial charge in [-0.05, 0) is 47.9 Å². The molecule has 0 bridgehead atoms. The van der Waals surface area contributed by atoms with Gasteiger partial charge in [0, 0.05) is 24.5 Å². The van der Waals surface area contributed by atoms with Crippen LogP contribution >= 0.6 is 33.9 Å². The molecule has 1 aromatic heterocycles. The first-order valence-corrected chi connectivity index (χ1v) is 10.5. The number of nitrogens with one attached hydrogen (secondary N) is 1. The Morgan fingerprint density at radius 2 is 2.14 bits per heavy atom. The summed E-state index contributed by atoms with van der Waals surface area (Å²) in [5.41, 5.74) is 0.686. The summed E-state index contributed by atoms with van der Waals surface area (Å²) in [6.07, 6.45) is 1.99. The Morgan fingerprint density at radius 3 is 2.67 bits per heavy atom. The lowest BCUT2D eigenvalue weighted by molar-refractivity contribution is 0.0924. The average Bonchev–Trinajstić information content (AvgIpc) is 2.86. The number of amides is 1. The topological polar surface area (TPSA) is 66.5 Å². The van der Waals surface area contributed by atoms with Gasteiger partial charge in [0.15, 0.2) is 0 Å². The highest BCUT2D eigenvalue weighted by Crippen LogP contribution is 2.18. The highest BCUT2D eigenvalue weighted by atomic mass is 127. The monoisotopic (exact) mass is 442 g/mol. The minimum atomic E-state index is -3.11. The molecule has 2 rings (SSSR count). The van der Waals surface area contributed by atoms with Gasteiger partial charge in [0.2, 0.25) is 10.0 Å². The second-order valence-corrected chi connectivity index (χ2v) is 10.00. The standard InChI is InChI=1S/C13H19IN2O3S2/c1-2-7-21(18,19)16-5-3-11(4-6-16)15-13(17)10-8-12(14)20-9-10/h8-9,11H,2-7H2,1H3,(H,15,17). The molecule has 1 fully saturated rings. The van der Waals surface area contributed by atoms with E-state index < -0.39 is 10.0 Å². The van der Waals surface area contributed by atoms with E-state index >= 15 is 0 Å². The number of rotatable bonds is 5. The molecule has 0 unspecified atom stereocenters. The van der Waals surface area contributed by atoms with Gasteiger partial charge in [-0.25, -0.2) is 12.7 Å². The molecule has 1 amide bonds. The molecule has 2 heterocycles. The van der Waals surface area contributed by atoms with Crippen LogP contribution in [0.15, 0.2) is 11.4 Å². The molecule has 0 radical (unpaired) electrons. The molecule has 5 nitrogen and oxygen atoms in total. The summed E-state index contributed by atoms with van der Waals surface area (Å²) in [7, 11) is -3.11. The largest absolute Gasteiger partial charge is 0.349 e. The molecule has 21 heavy (non-hydrogen) atoms. The van der Waals surface area contributed by atoms with Gasteiger partial charge in [-0.3, -0.25) is 4.79 Å². The predicted molar refractivity (Wildman–Crippen MR) is 93.2 cm³/mol. The number of halogens is 1. The molecular weight excluding hydrogens is 423 g/mol. The minimum absolute atomic E-state index is 0.0585. The van der Waals surface area contributed by atoms with Gasteiger partial charge < -0.3 is 5.32 Å². The van der Waals surface area contributed by atoms with Crippen molar-refractivity contribution in [1.29, 1.82) is 0 Å². The molecule has 8 heteroatoms. The van der Waals surface area contributed by atoms with E-state index in [4.69, 9.17) is 0 Å². The number of sulfonamides is 1. The van der Waals surface area contributed by atoms with Gasteiger partial charge in [0.1, 0.15) is 0 Å². The van der Waals surface area contributed by atoms with E-state index in [-0.39, 0.29) is 17.7 Å². The minimum Gasteiger partial charge on any atom is -0.349 e. The highest BCUT2D eigenvalue weighted by Gasteiger charge is 2.28. The summed E-state index contributed by atoms with van der Waals surface area (Å²) in [5, 5.41) is 4.84. The maximum atomic E-state index is 12.1. The molecule has 1 aliphatic rings. The zero-order valence-electron chi connectivity index (χ0n) is 11.8. The van der Waals surface area contributed by atoms with Crippen LogP contribution in [0.4, 0.5) is 0 Å². The van der Waals surface area contributed by atoms with E-state index in [9.17, 15) is 13.2 Å². The number of hydrogen-bond acceptors (Lipinski definition) is 4. The Hall–Kier alpha value is -0.190. The van der Waals surface area contributed by atoms with Gasteiger partial charge >= 0.3 is 0 Å². The molecule has 0 atom stereocenters. The van der Waals surface area contributed by atoms with E-state index in [1.807, 2.05) is 18.4 Å². The summed E-state index contributed by atoms with van der Waals surface area (Å²) >= 11 is 3.73. The summed E-state index contributed by atoms with van der Waals surface area (Å²) in [4.78, 5) is 12.1. The molecule has 0 aliphatic carbocycles. The van der Waals surface area contributed by atoms with Gasteiger partial charge in [0.25, 0.3) is 5.91 Å². The van der Waals surface area contributed by atoms with Crippen molar-refractivity contribution in [2.75, 3.05) is 18.8 Å². The van der Waals surface area contributed by atoms with Crippen LogP contribution in [0.5, 0.6) is 0 Å². The Balaban J connectivity index is 1.86. The Labute approximate surface area is 143 Å². The third-order valence-electron chi connectivity index (χ3n) is 3.47. The number of piperidine rings is 1. The fourth-order valence-electron chi connectivity index (χ4n) is 2.36.